The van der Waals surface area contributed by atoms with E-state index in [2.05, 4.69) is 21.2 Å². The topological polar surface area (TPSA) is 73.1 Å². The molecule has 2 aromatic rings. The third-order valence-corrected chi connectivity index (χ3v) is 5.08. The van der Waals surface area contributed by atoms with Crippen LogP contribution in [0.15, 0.2) is 27.5 Å². The van der Waals surface area contributed by atoms with Crippen LogP contribution < -0.4 is 11.0 Å². The zero-order valence-electron chi connectivity index (χ0n) is 12.4. The van der Waals surface area contributed by atoms with Gasteiger partial charge in [0.1, 0.15) is 6.04 Å². The largest absolute Gasteiger partial charge is 0.329 e. The van der Waals surface area contributed by atoms with Crippen molar-refractivity contribution in [1.82, 2.24) is 14.5 Å². The summed E-state index contributed by atoms with van der Waals surface area (Å²) in [5.74, 6) is -0.118. The van der Waals surface area contributed by atoms with Gasteiger partial charge >= 0.3 is 5.69 Å². The minimum absolute atomic E-state index is 0.167. The SMILES string of the molecule is O=C1CCC(n2c(=O)n(CC3CC3)c3cc(Br)ccc32)C(=O)N1. The van der Waals surface area contributed by atoms with Crippen molar-refractivity contribution in [2.75, 3.05) is 0 Å². The lowest BCUT2D eigenvalue weighted by atomic mass is 10.1. The van der Waals surface area contributed by atoms with Crippen LogP contribution in [-0.4, -0.2) is 20.9 Å². The molecule has 1 aliphatic carbocycles. The van der Waals surface area contributed by atoms with Crippen molar-refractivity contribution in [3.8, 4) is 0 Å². The first-order chi connectivity index (χ1) is 11.0. The van der Waals surface area contributed by atoms with Gasteiger partial charge in [-0.05, 0) is 43.4 Å². The number of nitrogens with zero attached hydrogens (tertiary/aromatic N) is 2. The van der Waals surface area contributed by atoms with Crippen molar-refractivity contribution < 1.29 is 9.59 Å². The van der Waals surface area contributed by atoms with Crippen LogP contribution in [0, 0.1) is 5.92 Å². The first-order valence-electron chi connectivity index (χ1n) is 7.78. The summed E-state index contributed by atoms with van der Waals surface area (Å²) in [6.07, 6.45) is 2.91. The molecule has 1 N–H and O–H groups in total. The Balaban J connectivity index is 1.88. The Labute approximate surface area is 140 Å². The minimum atomic E-state index is -0.621. The number of nitrogens with one attached hydrogen (secondary N) is 1. The zero-order chi connectivity index (χ0) is 16.1. The van der Waals surface area contributed by atoms with Gasteiger partial charge in [-0.3, -0.25) is 24.0 Å². The Morgan fingerprint density at radius 2 is 1.91 bits per heavy atom. The molecule has 1 saturated heterocycles. The van der Waals surface area contributed by atoms with Crippen LogP contribution in [0.5, 0.6) is 0 Å². The smallest absolute Gasteiger partial charge is 0.295 e. The molecule has 7 heteroatoms. The van der Waals surface area contributed by atoms with Crippen LogP contribution in [0.4, 0.5) is 0 Å². The summed E-state index contributed by atoms with van der Waals surface area (Å²) in [5.41, 5.74) is 1.41. The number of carbonyl (C=O) groups is 2. The molecular weight excluding hydrogens is 362 g/mol. The molecule has 4 rings (SSSR count). The predicted octanol–water partition coefficient (Wildman–Crippen LogP) is 1.95. The van der Waals surface area contributed by atoms with E-state index < -0.39 is 11.9 Å². The van der Waals surface area contributed by atoms with Crippen LogP contribution >= 0.6 is 15.9 Å². The zero-order valence-corrected chi connectivity index (χ0v) is 14.0. The molecule has 1 aromatic heterocycles. The molecule has 0 bridgehead atoms. The highest BCUT2D eigenvalue weighted by molar-refractivity contribution is 9.10. The average Bonchev–Trinajstić information content (AvgIpc) is 3.28. The van der Waals surface area contributed by atoms with Crippen molar-refractivity contribution in [2.45, 2.75) is 38.3 Å². The van der Waals surface area contributed by atoms with E-state index in [1.165, 1.54) is 0 Å². The number of benzene rings is 1. The van der Waals surface area contributed by atoms with Crippen LogP contribution in [0.25, 0.3) is 11.0 Å². The molecule has 2 aliphatic rings. The Morgan fingerprint density at radius 1 is 1.13 bits per heavy atom. The number of hydrogen-bond acceptors (Lipinski definition) is 3. The molecule has 2 amide bonds. The van der Waals surface area contributed by atoms with Gasteiger partial charge in [0.15, 0.2) is 0 Å². The number of rotatable bonds is 3. The first-order valence-corrected chi connectivity index (χ1v) is 8.58. The third kappa shape index (κ3) is 2.52. The lowest BCUT2D eigenvalue weighted by Gasteiger charge is -2.21. The summed E-state index contributed by atoms with van der Waals surface area (Å²) in [7, 11) is 0. The molecular formula is C16H16BrN3O3. The fraction of sp³-hybridized carbons (Fsp3) is 0.438. The van der Waals surface area contributed by atoms with Gasteiger partial charge in [0.05, 0.1) is 11.0 Å². The van der Waals surface area contributed by atoms with E-state index in [0.717, 1.165) is 28.3 Å². The summed E-state index contributed by atoms with van der Waals surface area (Å²) in [4.78, 5) is 36.5. The van der Waals surface area contributed by atoms with E-state index in [0.29, 0.717) is 18.9 Å². The molecule has 1 unspecified atom stereocenters. The second kappa shape index (κ2) is 5.33. The van der Waals surface area contributed by atoms with Gasteiger partial charge in [-0.25, -0.2) is 4.79 Å². The predicted molar refractivity (Wildman–Crippen MR) is 88.0 cm³/mol. The molecule has 0 spiro atoms. The van der Waals surface area contributed by atoms with Crippen LogP contribution in [-0.2, 0) is 16.1 Å². The molecule has 1 aromatic carbocycles. The monoisotopic (exact) mass is 377 g/mol. The van der Waals surface area contributed by atoms with E-state index in [-0.39, 0.29) is 18.0 Å². The molecule has 1 saturated carbocycles. The maximum atomic E-state index is 12.9. The second-order valence-electron chi connectivity index (χ2n) is 6.31. The van der Waals surface area contributed by atoms with Crippen LogP contribution in [0.2, 0.25) is 0 Å². The van der Waals surface area contributed by atoms with E-state index in [9.17, 15) is 14.4 Å². The normalized spacial score (nSPS) is 21.7. The summed E-state index contributed by atoms with van der Waals surface area (Å²) >= 11 is 3.45. The van der Waals surface area contributed by atoms with Crippen molar-refractivity contribution in [2.24, 2.45) is 5.92 Å². The highest BCUT2D eigenvalue weighted by Crippen LogP contribution is 2.32. The summed E-state index contributed by atoms with van der Waals surface area (Å²) < 4.78 is 4.21. The molecule has 23 heavy (non-hydrogen) atoms. The Bertz CT molecular complexity index is 879. The Kier molecular flexibility index (Phi) is 3.41. The number of carbonyl (C=O) groups excluding carboxylic acids is 2. The van der Waals surface area contributed by atoms with E-state index in [1.54, 1.807) is 9.13 Å². The van der Waals surface area contributed by atoms with Gasteiger partial charge in [-0.2, -0.15) is 0 Å². The first kappa shape index (κ1) is 14.7. The van der Waals surface area contributed by atoms with Gasteiger partial charge in [-0.1, -0.05) is 15.9 Å². The maximum absolute atomic E-state index is 12.9. The van der Waals surface area contributed by atoms with Gasteiger partial charge < -0.3 is 0 Å². The number of halogens is 1. The van der Waals surface area contributed by atoms with Crippen molar-refractivity contribution in [3.63, 3.8) is 0 Å². The van der Waals surface area contributed by atoms with E-state index in [1.807, 2.05) is 18.2 Å². The van der Waals surface area contributed by atoms with E-state index >= 15 is 0 Å². The third-order valence-electron chi connectivity index (χ3n) is 4.58. The molecule has 6 nitrogen and oxygen atoms in total. The number of amides is 2. The van der Waals surface area contributed by atoms with Gasteiger partial charge in [0.2, 0.25) is 11.8 Å². The highest BCUT2D eigenvalue weighted by Gasteiger charge is 2.32. The highest BCUT2D eigenvalue weighted by atomic mass is 79.9. The minimum Gasteiger partial charge on any atom is -0.295 e. The second-order valence-corrected chi connectivity index (χ2v) is 7.22. The lowest BCUT2D eigenvalue weighted by Crippen LogP contribution is -2.44. The number of piperidine rings is 1. The fourth-order valence-electron chi connectivity index (χ4n) is 3.22. The average molecular weight is 378 g/mol. The van der Waals surface area contributed by atoms with Gasteiger partial charge in [0, 0.05) is 17.4 Å². The lowest BCUT2D eigenvalue weighted by molar-refractivity contribution is -0.135. The van der Waals surface area contributed by atoms with Gasteiger partial charge in [-0.15, -0.1) is 0 Å². The molecule has 120 valence electrons. The molecule has 0 radical (unpaired) electrons. The standard InChI is InChI=1S/C16H16BrN3O3/c17-10-3-4-11-13(7-10)19(8-9-1-2-9)16(23)20(11)12-5-6-14(21)18-15(12)22/h3-4,7,9,12H,1-2,5-6,8H2,(H,18,21,22). The van der Waals surface area contributed by atoms with Crippen molar-refractivity contribution >= 4 is 38.8 Å². The number of imidazole rings is 1. The van der Waals surface area contributed by atoms with Gasteiger partial charge in [0.25, 0.3) is 0 Å². The number of aromatic nitrogens is 2. The van der Waals surface area contributed by atoms with E-state index in [4.69, 9.17) is 0 Å². The number of fused-ring (bicyclic) bond motifs is 1. The Hall–Kier alpha value is -1.89. The van der Waals surface area contributed by atoms with Crippen LogP contribution in [0.1, 0.15) is 31.7 Å². The van der Waals surface area contributed by atoms with Crippen molar-refractivity contribution in [3.05, 3.63) is 33.2 Å². The summed E-state index contributed by atoms with van der Waals surface area (Å²) in [5, 5.41) is 2.34. The van der Waals surface area contributed by atoms with Crippen LogP contribution in [0.3, 0.4) is 0 Å². The number of imide groups is 1. The molecule has 1 aliphatic heterocycles. The molecule has 2 heterocycles. The Morgan fingerprint density at radius 3 is 2.61 bits per heavy atom. The number of hydrogen-bond donors (Lipinski definition) is 1. The summed E-state index contributed by atoms with van der Waals surface area (Å²) in [6, 6.07) is 5.02. The quantitative estimate of drug-likeness (QED) is 0.830. The molecule has 2 fully saturated rings. The fourth-order valence-corrected chi connectivity index (χ4v) is 3.57. The maximum Gasteiger partial charge on any atom is 0.329 e. The molecule has 1 atom stereocenters. The van der Waals surface area contributed by atoms with Crippen molar-refractivity contribution in [1.29, 1.82) is 0 Å². The summed E-state index contributed by atoms with van der Waals surface area (Å²) in [6.45, 7) is 0.687.